The largest absolute Gasteiger partial charge is 0.229 e. The third-order valence-electron chi connectivity index (χ3n) is 2.96. The molecule has 0 saturated carbocycles. The number of rotatable bonds is 4. The van der Waals surface area contributed by atoms with Gasteiger partial charge < -0.3 is 0 Å². The Morgan fingerprint density at radius 2 is 1.96 bits per heavy atom. The van der Waals surface area contributed by atoms with Crippen LogP contribution in [0.2, 0.25) is 5.02 Å². The number of halogens is 1. The highest BCUT2D eigenvalue weighted by Gasteiger charge is 2.16. The van der Waals surface area contributed by atoms with Gasteiger partial charge in [-0.3, -0.25) is 0 Å². The average molecular weight is 378 g/mol. The SMILES string of the molecule is Clc1ccsc1-n1nnnc1Sc1nc(-c2ccccc2)cs1. The predicted octanol–water partition coefficient (Wildman–Crippen LogP) is 4.65. The maximum Gasteiger partial charge on any atom is 0.222 e. The van der Waals surface area contributed by atoms with Crippen molar-refractivity contribution in [1.29, 1.82) is 0 Å². The molecule has 0 unspecified atom stereocenters. The predicted molar refractivity (Wildman–Crippen MR) is 93.7 cm³/mol. The molecular weight excluding hydrogens is 370 g/mol. The van der Waals surface area contributed by atoms with Crippen LogP contribution in [0.1, 0.15) is 0 Å². The van der Waals surface area contributed by atoms with Crippen molar-refractivity contribution in [2.45, 2.75) is 9.50 Å². The van der Waals surface area contributed by atoms with Gasteiger partial charge in [-0.25, -0.2) is 4.98 Å². The molecule has 0 aliphatic carbocycles. The molecule has 0 aliphatic heterocycles. The molecule has 0 aliphatic rings. The summed E-state index contributed by atoms with van der Waals surface area (Å²) in [5.74, 6) is 0. The number of thiophene rings is 1. The third kappa shape index (κ3) is 3.02. The molecule has 9 heteroatoms. The lowest BCUT2D eigenvalue weighted by Gasteiger charge is -2.00. The van der Waals surface area contributed by atoms with E-state index in [2.05, 4.69) is 20.5 Å². The van der Waals surface area contributed by atoms with Crippen LogP contribution in [0.5, 0.6) is 0 Å². The summed E-state index contributed by atoms with van der Waals surface area (Å²) in [6.45, 7) is 0. The van der Waals surface area contributed by atoms with Gasteiger partial charge in [-0.2, -0.15) is 4.68 Å². The van der Waals surface area contributed by atoms with Crippen molar-refractivity contribution >= 4 is 46.0 Å². The molecule has 3 heterocycles. The molecule has 5 nitrogen and oxygen atoms in total. The minimum absolute atomic E-state index is 0.633. The van der Waals surface area contributed by atoms with Crippen molar-refractivity contribution in [1.82, 2.24) is 25.2 Å². The van der Waals surface area contributed by atoms with Gasteiger partial charge in [0.15, 0.2) is 4.34 Å². The quantitative estimate of drug-likeness (QED) is 0.518. The van der Waals surface area contributed by atoms with E-state index >= 15 is 0 Å². The highest BCUT2D eigenvalue weighted by atomic mass is 35.5. The monoisotopic (exact) mass is 377 g/mol. The van der Waals surface area contributed by atoms with Gasteiger partial charge in [0.2, 0.25) is 5.16 Å². The summed E-state index contributed by atoms with van der Waals surface area (Å²) in [5.41, 5.74) is 2.04. The molecule has 0 spiro atoms. The van der Waals surface area contributed by atoms with Gasteiger partial charge in [0.1, 0.15) is 5.00 Å². The van der Waals surface area contributed by atoms with Crippen LogP contribution in [0.4, 0.5) is 0 Å². The van der Waals surface area contributed by atoms with E-state index in [0.29, 0.717) is 10.2 Å². The van der Waals surface area contributed by atoms with Crippen molar-refractivity contribution < 1.29 is 0 Å². The minimum atomic E-state index is 0.633. The highest BCUT2D eigenvalue weighted by molar-refractivity contribution is 8.00. The van der Waals surface area contributed by atoms with Crippen molar-refractivity contribution in [3.05, 3.63) is 52.2 Å². The Morgan fingerprint density at radius 3 is 2.74 bits per heavy atom. The summed E-state index contributed by atoms with van der Waals surface area (Å²) in [7, 11) is 0. The summed E-state index contributed by atoms with van der Waals surface area (Å²) in [5, 5.41) is 17.9. The first-order valence-corrected chi connectivity index (χ1v) is 9.47. The molecule has 0 bridgehead atoms. The van der Waals surface area contributed by atoms with E-state index < -0.39 is 0 Å². The van der Waals surface area contributed by atoms with Crippen LogP contribution >= 0.6 is 46.0 Å². The summed E-state index contributed by atoms with van der Waals surface area (Å²) in [6, 6.07) is 11.9. The molecule has 0 amide bonds. The van der Waals surface area contributed by atoms with Crippen LogP contribution < -0.4 is 0 Å². The first-order valence-electron chi connectivity index (χ1n) is 6.52. The Kier molecular flexibility index (Phi) is 4.13. The van der Waals surface area contributed by atoms with E-state index in [1.165, 1.54) is 23.1 Å². The second-order valence-electron chi connectivity index (χ2n) is 4.41. The molecule has 23 heavy (non-hydrogen) atoms. The van der Waals surface area contributed by atoms with Crippen LogP contribution in [-0.2, 0) is 0 Å². The number of thiazole rings is 1. The first kappa shape index (κ1) is 14.8. The number of tetrazole rings is 1. The molecule has 0 radical (unpaired) electrons. The van der Waals surface area contributed by atoms with Crippen LogP contribution in [-0.4, -0.2) is 25.2 Å². The molecular formula is C14H8ClN5S3. The minimum Gasteiger partial charge on any atom is -0.229 e. The van der Waals surface area contributed by atoms with Crippen LogP contribution in [0.15, 0.2) is 56.7 Å². The molecule has 1 aromatic carbocycles. The fourth-order valence-corrected chi connectivity index (χ4v) is 4.78. The van der Waals surface area contributed by atoms with Gasteiger partial charge in [-0.15, -0.1) is 27.8 Å². The second-order valence-corrected chi connectivity index (χ2v) is 7.79. The van der Waals surface area contributed by atoms with Crippen molar-refractivity contribution in [2.75, 3.05) is 0 Å². The van der Waals surface area contributed by atoms with Gasteiger partial charge in [0.05, 0.1) is 10.7 Å². The number of benzene rings is 1. The number of hydrogen-bond acceptors (Lipinski definition) is 7. The molecule has 0 N–H and O–H groups in total. The Bertz CT molecular complexity index is 931. The molecule has 4 rings (SSSR count). The van der Waals surface area contributed by atoms with Crippen molar-refractivity contribution in [2.24, 2.45) is 0 Å². The maximum absolute atomic E-state index is 6.16. The van der Waals surface area contributed by atoms with Gasteiger partial charge in [0.25, 0.3) is 0 Å². The van der Waals surface area contributed by atoms with Crippen molar-refractivity contribution in [3.63, 3.8) is 0 Å². The van der Waals surface area contributed by atoms with E-state index in [0.717, 1.165) is 20.6 Å². The van der Waals surface area contributed by atoms with E-state index in [1.54, 1.807) is 16.0 Å². The molecule has 114 valence electrons. The Labute approximate surface area is 149 Å². The zero-order chi connectivity index (χ0) is 15.6. The molecule has 4 aromatic rings. The Hall–Kier alpha value is -1.74. The van der Waals surface area contributed by atoms with E-state index in [4.69, 9.17) is 11.6 Å². The maximum atomic E-state index is 6.16. The standard InChI is InChI=1S/C14H8ClN5S3/c15-10-6-7-21-12(10)20-13(17-18-19-20)23-14-16-11(8-22-14)9-4-2-1-3-5-9/h1-8H. The van der Waals surface area contributed by atoms with Gasteiger partial charge in [-0.1, -0.05) is 41.9 Å². The van der Waals surface area contributed by atoms with Gasteiger partial charge in [-0.05, 0) is 33.6 Å². The van der Waals surface area contributed by atoms with Gasteiger partial charge >= 0.3 is 0 Å². The van der Waals surface area contributed by atoms with Crippen LogP contribution in [0, 0.1) is 0 Å². The van der Waals surface area contributed by atoms with Gasteiger partial charge in [0, 0.05) is 10.9 Å². The number of nitrogens with zero attached hydrogens (tertiary/aromatic N) is 5. The topological polar surface area (TPSA) is 56.5 Å². The number of hydrogen-bond donors (Lipinski definition) is 0. The Balaban J connectivity index is 1.62. The molecule has 0 saturated heterocycles. The lowest BCUT2D eigenvalue weighted by atomic mass is 10.2. The second kappa shape index (κ2) is 6.40. The smallest absolute Gasteiger partial charge is 0.222 e. The van der Waals surface area contributed by atoms with E-state index in [1.807, 2.05) is 47.2 Å². The summed E-state index contributed by atoms with van der Waals surface area (Å²) < 4.78 is 2.52. The summed E-state index contributed by atoms with van der Waals surface area (Å²) in [4.78, 5) is 4.64. The van der Waals surface area contributed by atoms with E-state index in [9.17, 15) is 0 Å². The highest BCUT2D eigenvalue weighted by Crippen LogP contribution is 2.34. The first-order chi connectivity index (χ1) is 11.3. The number of aromatic nitrogens is 5. The lowest BCUT2D eigenvalue weighted by Crippen LogP contribution is -1.96. The summed E-state index contributed by atoms with van der Waals surface area (Å²) >= 11 is 10.6. The zero-order valence-electron chi connectivity index (χ0n) is 11.5. The fourth-order valence-electron chi connectivity index (χ4n) is 1.93. The van der Waals surface area contributed by atoms with Crippen LogP contribution in [0.3, 0.4) is 0 Å². The summed E-state index contributed by atoms with van der Waals surface area (Å²) in [6.07, 6.45) is 0. The van der Waals surface area contributed by atoms with Crippen molar-refractivity contribution in [3.8, 4) is 16.3 Å². The van der Waals surface area contributed by atoms with Crippen LogP contribution in [0.25, 0.3) is 16.3 Å². The zero-order valence-corrected chi connectivity index (χ0v) is 14.7. The lowest BCUT2D eigenvalue weighted by molar-refractivity contribution is 0.768. The molecule has 0 atom stereocenters. The average Bonchev–Trinajstić information content (AvgIpc) is 3.30. The normalized spacial score (nSPS) is 11.0. The van der Waals surface area contributed by atoms with E-state index in [-0.39, 0.29) is 0 Å². The Morgan fingerprint density at radius 1 is 1.09 bits per heavy atom. The third-order valence-corrected chi connectivity index (χ3v) is 6.14. The molecule has 3 aromatic heterocycles. The fraction of sp³-hybridized carbons (Fsp3) is 0. The molecule has 0 fully saturated rings.